The van der Waals surface area contributed by atoms with E-state index < -0.39 is 0 Å². The molecule has 2 heterocycles. The zero-order chi connectivity index (χ0) is 21.6. The quantitative estimate of drug-likeness (QED) is 0.508. The van der Waals surface area contributed by atoms with Crippen LogP contribution in [-0.4, -0.2) is 40.7 Å². The van der Waals surface area contributed by atoms with Crippen molar-refractivity contribution in [2.45, 2.75) is 39.2 Å². The van der Waals surface area contributed by atoms with Gasteiger partial charge in [0.15, 0.2) is 0 Å². The molecule has 1 aliphatic heterocycles. The van der Waals surface area contributed by atoms with E-state index >= 15 is 0 Å². The molecule has 7 heteroatoms. The van der Waals surface area contributed by atoms with Crippen LogP contribution in [0.1, 0.15) is 44.1 Å². The lowest BCUT2D eigenvalue weighted by atomic mass is 10.1. The normalized spacial score (nSPS) is 16.0. The van der Waals surface area contributed by atoms with Gasteiger partial charge in [-0.15, -0.1) is 0 Å². The Hall–Kier alpha value is -3.35. The van der Waals surface area contributed by atoms with E-state index in [2.05, 4.69) is 17.1 Å². The van der Waals surface area contributed by atoms with E-state index in [1.807, 2.05) is 60.4 Å². The third kappa shape index (κ3) is 5.05. The van der Waals surface area contributed by atoms with Crippen LogP contribution in [0.2, 0.25) is 0 Å². The SMILES string of the molecule is CCCOc1ccc(-c2noc(C3CC(=O)N(Cc4ccc(OCC)cc4)C3)n2)cc1. The zero-order valence-electron chi connectivity index (χ0n) is 17.9. The lowest BCUT2D eigenvalue weighted by Crippen LogP contribution is -2.24. The van der Waals surface area contributed by atoms with Crippen molar-refractivity contribution in [2.24, 2.45) is 0 Å². The molecule has 3 aromatic rings. The summed E-state index contributed by atoms with van der Waals surface area (Å²) in [6.45, 7) is 6.47. The predicted octanol–water partition coefficient (Wildman–Crippen LogP) is 4.44. The lowest BCUT2D eigenvalue weighted by molar-refractivity contribution is -0.128. The van der Waals surface area contributed by atoms with E-state index in [1.165, 1.54) is 0 Å². The molecule has 0 N–H and O–H groups in total. The Bertz CT molecular complexity index is 998. The molecule has 7 nitrogen and oxygen atoms in total. The summed E-state index contributed by atoms with van der Waals surface area (Å²) in [5.41, 5.74) is 1.92. The number of benzene rings is 2. The van der Waals surface area contributed by atoms with Crippen molar-refractivity contribution in [2.75, 3.05) is 19.8 Å². The summed E-state index contributed by atoms with van der Waals surface area (Å²) in [6.07, 6.45) is 1.34. The number of aromatic nitrogens is 2. The minimum absolute atomic E-state index is 0.0936. The molecular weight excluding hydrogens is 394 g/mol. The van der Waals surface area contributed by atoms with Gasteiger partial charge >= 0.3 is 0 Å². The Balaban J connectivity index is 1.38. The maximum atomic E-state index is 12.5. The van der Waals surface area contributed by atoms with Crippen LogP contribution in [0, 0.1) is 0 Å². The van der Waals surface area contributed by atoms with Gasteiger partial charge in [-0.25, -0.2) is 0 Å². The van der Waals surface area contributed by atoms with Crippen molar-refractivity contribution in [1.29, 1.82) is 0 Å². The van der Waals surface area contributed by atoms with Gasteiger partial charge in [0, 0.05) is 25.1 Å². The van der Waals surface area contributed by atoms with Crippen molar-refractivity contribution in [3.63, 3.8) is 0 Å². The summed E-state index contributed by atoms with van der Waals surface area (Å²) in [6, 6.07) is 15.5. The molecule has 0 spiro atoms. The lowest BCUT2D eigenvalue weighted by Gasteiger charge is -2.16. The highest BCUT2D eigenvalue weighted by Crippen LogP contribution is 2.30. The zero-order valence-corrected chi connectivity index (χ0v) is 17.9. The van der Waals surface area contributed by atoms with Gasteiger partial charge in [-0.2, -0.15) is 4.98 Å². The number of carbonyl (C=O) groups is 1. The van der Waals surface area contributed by atoms with E-state index in [0.29, 0.717) is 44.4 Å². The number of ether oxygens (including phenoxy) is 2. The third-order valence-corrected chi connectivity index (χ3v) is 5.20. The molecule has 31 heavy (non-hydrogen) atoms. The third-order valence-electron chi connectivity index (χ3n) is 5.20. The first-order valence-electron chi connectivity index (χ1n) is 10.7. The largest absolute Gasteiger partial charge is 0.494 e. The monoisotopic (exact) mass is 421 g/mol. The van der Waals surface area contributed by atoms with Crippen LogP contribution in [0.3, 0.4) is 0 Å². The maximum absolute atomic E-state index is 12.5. The Morgan fingerprint density at radius 2 is 1.74 bits per heavy atom. The fourth-order valence-electron chi connectivity index (χ4n) is 3.61. The highest BCUT2D eigenvalue weighted by atomic mass is 16.5. The van der Waals surface area contributed by atoms with Gasteiger partial charge in [-0.3, -0.25) is 4.79 Å². The van der Waals surface area contributed by atoms with Crippen LogP contribution in [0.5, 0.6) is 11.5 Å². The Labute approximate surface area is 182 Å². The fourth-order valence-corrected chi connectivity index (χ4v) is 3.61. The Morgan fingerprint density at radius 3 is 2.45 bits per heavy atom. The topological polar surface area (TPSA) is 77.7 Å². The minimum atomic E-state index is -0.0939. The highest BCUT2D eigenvalue weighted by Gasteiger charge is 2.34. The smallest absolute Gasteiger partial charge is 0.232 e. The second-order valence-corrected chi connectivity index (χ2v) is 7.58. The highest BCUT2D eigenvalue weighted by molar-refractivity contribution is 5.79. The summed E-state index contributed by atoms with van der Waals surface area (Å²) < 4.78 is 16.6. The second-order valence-electron chi connectivity index (χ2n) is 7.58. The van der Waals surface area contributed by atoms with Gasteiger partial charge in [-0.05, 0) is 55.3 Å². The standard InChI is InChI=1S/C24H27N3O4/c1-3-13-30-21-11-7-18(8-12-21)23-25-24(31-26-23)19-14-22(28)27(16-19)15-17-5-9-20(10-6-17)29-4-2/h5-12,19H,3-4,13-16H2,1-2H3. The molecule has 1 saturated heterocycles. The number of rotatable bonds is 9. The van der Waals surface area contributed by atoms with Crippen molar-refractivity contribution in [1.82, 2.24) is 15.0 Å². The first-order chi connectivity index (χ1) is 15.2. The van der Waals surface area contributed by atoms with Gasteiger partial charge in [0.1, 0.15) is 11.5 Å². The number of hydrogen-bond acceptors (Lipinski definition) is 6. The van der Waals surface area contributed by atoms with E-state index in [0.717, 1.165) is 29.0 Å². The van der Waals surface area contributed by atoms with Crippen LogP contribution >= 0.6 is 0 Å². The fraction of sp³-hybridized carbons (Fsp3) is 0.375. The number of hydrogen-bond donors (Lipinski definition) is 0. The molecule has 1 unspecified atom stereocenters. The summed E-state index contributed by atoms with van der Waals surface area (Å²) >= 11 is 0. The second kappa shape index (κ2) is 9.64. The number of likely N-dealkylation sites (tertiary alicyclic amines) is 1. The minimum Gasteiger partial charge on any atom is -0.494 e. The molecule has 0 bridgehead atoms. The van der Waals surface area contributed by atoms with Crippen molar-refractivity contribution in [3.8, 4) is 22.9 Å². The molecule has 2 aromatic carbocycles. The van der Waals surface area contributed by atoms with Gasteiger partial charge in [0.2, 0.25) is 17.6 Å². The van der Waals surface area contributed by atoms with E-state index in [1.54, 1.807) is 0 Å². The van der Waals surface area contributed by atoms with Gasteiger partial charge in [0.25, 0.3) is 0 Å². The summed E-state index contributed by atoms with van der Waals surface area (Å²) in [5, 5.41) is 4.11. The molecule has 1 atom stereocenters. The molecule has 162 valence electrons. The molecule has 1 aromatic heterocycles. The van der Waals surface area contributed by atoms with Crippen LogP contribution in [-0.2, 0) is 11.3 Å². The van der Waals surface area contributed by atoms with Gasteiger partial charge in [-0.1, -0.05) is 24.2 Å². The number of carbonyl (C=O) groups excluding carboxylic acids is 1. The van der Waals surface area contributed by atoms with Crippen LogP contribution in [0.25, 0.3) is 11.4 Å². The molecule has 0 saturated carbocycles. The van der Waals surface area contributed by atoms with Crippen molar-refractivity contribution in [3.05, 3.63) is 60.0 Å². The first-order valence-corrected chi connectivity index (χ1v) is 10.7. The van der Waals surface area contributed by atoms with E-state index in [4.69, 9.17) is 14.0 Å². The molecule has 1 fully saturated rings. The molecule has 1 aliphatic rings. The van der Waals surface area contributed by atoms with E-state index in [-0.39, 0.29) is 11.8 Å². The van der Waals surface area contributed by atoms with Crippen LogP contribution in [0.15, 0.2) is 53.1 Å². The molecule has 1 amide bonds. The van der Waals surface area contributed by atoms with Crippen molar-refractivity contribution >= 4 is 5.91 Å². The number of amides is 1. The Morgan fingerprint density at radius 1 is 1.03 bits per heavy atom. The van der Waals surface area contributed by atoms with E-state index in [9.17, 15) is 4.79 Å². The molecule has 0 radical (unpaired) electrons. The molecular formula is C24H27N3O4. The van der Waals surface area contributed by atoms with Crippen LogP contribution in [0.4, 0.5) is 0 Å². The summed E-state index contributed by atoms with van der Waals surface area (Å²) in [5.74, 6) is 2.68. The number of nitrogens with zero attached hydrogens (tertiary/aromatic N) is 3. The van der Waals surface area contributed by atoms with Crippen LogP contribution < -0.4 is 9.47 Å². The van der Waals surface area contributed by atoms with Gasteiger partial charge < -0.3 is 18.9 Å². The predicted molar refractivity (Wildman–Crippen MR) is 116 cm³/mol. The van der Waals surface area contributed by atoms with Gasteiger partial charge in [0.05, 0.1) is 19.1 Å². The summed E-state index contributed by atoms with van der Waals surface area (Å²) in [7, 11) is 0. The molecule has 0 aliphatic carbocycles. The Kier molecular flexibility index (Phi) is 6.50. The average Bonchev–Trinajstić information content (AvgIpc) is 3.42. The molecule has 4 rings (SSSR count). The maximum Gasteiger partial charge on any atom is 0.232 e. The summed E-state index contributed by atoms with van der Waals surface area (Å²) in [4.78, 5) is 18.9. The average molecular weight is 421 g/mol. The van der Waals surface area contributed by atoms with Crippen molar-refractivity contribution < 1.29 is 18.8 Å². The first kappa shape index (κ1) is 20.9.